The van der Waals surface area contributed by atoms with Crippen LogP contribution in [0.4, 0.5) is 4.79 Å². The van der Waals surface area contributed by atoms with Gasteiger partial charge in [-0.25, -0.2) is 4.79 Å². The Hall–Kier alpha value is -3.42. The van der Waals surface area contributed by atoms with Gasteiger partial charge in [0.2, 0.25) is 0 Å². The quantitative estimate of drug-likeness (QED) is 0.387. The minimum atomic E-state index is -0.956. The molecule has 2 heterocycles. The monoisotopic (exact) mass is 491 g/mol. The van der Waals surface area contributed by atoms with Crippen molar-refractivity contribution in [2.45, 2.75) is 9.92 Å². The van der Waals surface area contributed by atoms with E-state index in [0.29, 0.717) is 36.8 Å². The van der Waals surface area contributed by atoms with Gasteiger partial charge in [0.05, 0.1) is 21.1 Å². The van der Waals surface area contributed by atoms with Gasteiger partial charge in [0.1, 0.15) is 0 Å². The van der Waals surface area contributed by atoms with E-state index in [9.17, 15) is 14.7 Å². The van der Waals surface area contributed by atoms with E-state index in [1.54, 1.807) is 4.90 Å². The number of hydrogen-bond donors (Lipinski definition) is 1. The van der Waals surface area contributed by atoms with E-state index in [1.807, 2.05) is 78.9 Å². The van der Waals surface area contributed by atoms with E-state index in [-0.39, 0.29) is 5.91 Å². The van der Waals surface area contributed by atoms with Crippen molar-refractivity contribution in [3.63, 3.8) is 0 Å². The molecule has 0 saturated carbocycles. The fourth-order valence-corrected chi connectivity index (χ4v) is 5.61. The van der Waals surface area contributed by atoms with Crippen LogP contribution in [0, 0.1) is 0 Å². The number of amides is 2. The number of carbonyl (C=O) groups is 2. The summed E-state index contributed by atoms with van der Waals surface area (Å²) >= 11 is 7.98. The molecule has 4 aromatic rings. The number of nitrogens with zero attached hydrogens (tertiary/aromatic N) is 3. The molecule has 1 fully saturated rings. The Balaban J connectivity index is 1.67. The van der Waals surface area contributed by atoms with E-state index in [2.05, 4.69) is 4.57 Å². The van der Waals surface area contributed by atoms with E-state index >= 15 is 0 Å². The van der Waals surface area contributed by atoms with Gasteiger partial charge in [-0.15, -0.1) is 0 Å². The van der Waals surface area contributed by atoms with E-state index in [4.69, 9.17) is 11.6 Å². The summed E-state index contributed by atoms with van der Waals surface area (Å²) in [4.78, 5) is 29.2. The van der Waals surface area contributed by atoms with Crippen molar-refractivity contribution in [1.82, 2.24) is 14.4 Å². The minimum Gasteiger partial charge on any atom is -0.465 e. The van der Waals surface area contributed by atoms with Crippen molar-refractivity contribution in [1.29, 1.82) is 0 Å². The molecule has 3 aromatic carbocycles. The number of rotatable bonds is 4. The van der Waals surface area contributed by atoms with Crippen molar-refractivity contribution in [2.75, 3.05) is 26.2 Å². The second-order valence-electron chi connectivity index (χ2n) is 7.96. The van der Waals surface area contributed by atoms with Gasteiger partial charge >= 0.3 is 6.09 Å². The molecule has 1 aromatic heterocycles. The second kappa shape index (κ2) is 9.44. The average molecular weight is 492 g/mol. The standard InChI is InChI=1S/C26H22ClN3O3S/c27-20-11-5-7-13-22(20)34-25-23(24(31)28-14-16-29(17-15-28)26(32)33)19-10-4-6-12-21(19)30(25)18-8-2-1-3-9-18/h1-13H,14-17H2,(H,32,33). The highest BCUT2D eigenvalue weighted by Gasteiger charge is 2.30. The molecule has 0 unspecified atom stereocenters. The third-order valence-corrected chi connectivity index (χ3v) is 7.54. The molecule has 0 bridgehead atoms. The van der Waals surface area contributed by atoms with Gasteiger partial charge in [-0.05, 0) is 30.3 Å². The Morgan fingerprint density at radius 1 is 0.794 bits per heavy atom. The summed E-state index contributed by atoms with van der Waals surface area (Å²) in [6, 6.07) is 25.4. The number of carbonyl (C=O) groups excluding carboxylic acids is 1. The third-order valence-electron chi connectivity index (χ3n) is 5.94. The molecule has 34 heavy (non-hydrogen) atoms. The SMILES string of the molecule is O=C(O)N1CCN(C(=O)c2c(Sc3ccccc3Cl)n(-c3ccccc3)c3ccccc23)CC1. The molecule has 1 N–H and O–H groups in total. The van der Waals surface area contributed by atoms with Gasteiger partial charge in [-0.2, -0.15) is 0 Å². The van der Waals surface area contributed by atoms with Gasteiger partial charge in [-0.1, -0.05) is 71.9 Å². The highest BCUT2D eigenvalue weighted by Crippen LogP contribution is 2.42. The van der Waals surface area contributed by atoms with Crippen molar-refractivity contribution < 1.29 is 14.7 Å². The molecular formula is C26H22ClN3O3S. The molecule has 2 amide bonds. The lowest BCUT2D eigenvalue weighted by atomic mass is 10.1. The number of benzene rings is 3. The van der Waals surface area contributed by atoms with Crippen LogP contribution in [0.15, 0.2) is 88.8 Å². The number of halogens is 1. The number of piperazine rings is 1. The first-order valence-corrected chi connectivity index (χ1v) is 12.1. The molecule has 1 saturated heterocycles. The molecule has 1 aliphatic rings. The van der Waals surface area contributed by atoms with Crippen LogP contribution in [-0.4, -0.2) is 57.7 Å². The summed E-state index contributed by atoms with van der Waals surface area (Å²) in [5.41, 5.74) is 2.48. The maximum atomic E-state index is 13.9. The molecule has 0 spiro atoms. The Morgan fingerprint density at radius 3 is 2.12 bits per heavy atom. The zero-order valence-electron chi connectivity index (χ0n) is 18.2. The largest absolute Gasteiger partial charge is 0.465 e. The number of fused-ring (bicyclic) bond motifs is 1. The van der Waals surface area contributed by atoms with Gasteiger partial charge in [-0.3, -0.25) is 4.79 Å². The summed E-state index contributed by atoms with van der Waals surface area (Å²) in [5, 5.41) is 11.5. The summed E-state index contributed by atoms with van der Waals surface area (Å²) in [6.45, 7) is 1.30. The molecule has 0 aliphatic carbocycles. The molecule has 5 rings (SSSR count). The van der Waals surface area contributed by atoms with Crippen LogP contribution in [-0.2, 0) is 0 Å². The highest BCUT2D eigenvalue weighted by atomic mass is 35.5. The van der Waals surface area contributed by atoms with Gasteiger partial charge in [0.25, 0.3) is 5.91 Å². The van der Waals surface area contributed by atoms with Crippen LogP contribution < -0.4 is 0 Å². The van der Waals surface area contributed by atoms with Crippen LogP contribution in [0.1, 0.15) is 10.4 Å². The van der Waals surface area contributed by atoms with Crippen LogP contribution in [0.3, 0.4) is 0 Å². The molecule has 0 atom stereocenters. The first-order chi connectivity index (χ1) is 16.5. The number of para-hydroxylation sites is 2. The Morgan fingerprint density at radius 2 is 1.41 bits per heavy atom. The Labute approximate surface area is 206 Å². The Kier molecular flexibility index (Phi) is 6.22. The van der Waals surface area contributed by atoms with Crippen LogP contribution in [0.25, 0.3) is 16.6 Å². The van der Waals surface area contributed by atoms with E-state index in [0.717, 1.165) is 26.5 Å². The second-order valence-corrected chi connectivity index (χ2v) is 9.40. The summed E-state index contributed by atoms with van der Waals surface area (Å²) in [5.74, 6) is -0.106. The smallest absolute Gasteiger partial charge is 0.407 e. The van der Waals surface area contributed by atoms with Crippen molar-refractivity contribution in [3.05, 3.63) is 89.4 Å². The van der Waals surface area contributed by atoms with Crippen molar-refractivity contribution in [2.24, 2.45) is 0 Å². The van der Waals surface area contributed by atoms with Gasteiger partial charge < -0.3 is 19.5 Å². The summed E-state index contributed by atoms with van der Waals surface area (Å²) in [6.07, 6.45) is -0.956. The molecular weight excluding hydrogens is 470 g/mol. The van der Waals surface area contributed by atoms with Gasteiger partial charge in [0.15, 0.2) is 0 Å². The summed E-state index contributed by atoms with van der Waals surface area (Å²) in [7, 11) is 0. The molecule has 8 heteroatoms. The first-order valence-electron chi connectivity index (χ1n) is 10.9. The zero-order valence-corrected chi connectivity index (χ0v) is 19.8. The number of aromatic nitrogens is 1. The fraction of sp³-hybridized carbons (Fsp3) is 0.154. The van der Waals surface area contributed by atoms with Crippen molar-refractivity contribution >= 4 is 46.3 Å². The third kappa shape index (κ3) is 4.13. The molecule has 6 nitrogen and oxygen atoms in total. The predicted octanol–water partition coefficient (Wildman–Crippen LogP) is 5.87. The van der Waals surface area contributed by atoms with Crippen LogP contribution >= 0.6 is 23.4 Å². The average Bonchev–Trinajstić information content (AvgIpc) is 3.19. The minimum absolute atomic E-state index is 0.106. The molecule has 1 aliphatic heterocycles. The summed E-state index contributed by atoms with van der Waals surface area (Å²) < 4.78 is 2.10. The van der Waals surface area contributed by atoms with Crippen LogP contribution in [0.2, 0.25) is 5.02 Å². The number of carboxylic acid groups (broad SMARTS) is 1. The molecule has 0 radical (unpaired) electrons. The lowest BCUT2D eigenvalue weighted by molar-refractivity contribution is 0.0623. The topological polar surface area (TPSA) is 65.8 Å². The predicted molar refractivity (Wildman–Crippen MR) is 134 cm³/mol. The van der Waals surface area contributed by atoms with E-state index in [1.165, 1.54) is 16.7 Å². The highest BCUT2D eigenvalue weighted by molar-refractivity contribution is 7.99. The van der Waals surface area contributed by atoms with Gasteiger partial charge in [0, 0.05) is 42.1 Å². The normalized spacial score (nSPS) is 13.9. The maximum absolute atomic E-state index is 13.9. The molecule has 172 valence electrons. The fourth-order valence-electron chi connectivity index (χ4n) is 4.24. The van der Waals surface area contributed by atoms with E-state index < -0.39 is 6.09 Å². The maximum Gasteiger partial charge on any atom is 0.407 e. The van der Waals surface area contributed by atoms with Crippen molar-refractivity contribution in [3.8, 4) is 5.69 Å². The van der Waals surface area contributed by atoms with Crippen LogP contribution in [0.5, 0.6) is 0 Å². The number of hydrogen-bond acceptors (Lipinski definition) is 3. The lowest BCUT2D eigenvalue weighted by Crippen LogP contribution is -2.50. The zero-order chi connectivity index (χ0) is 23.7. The first kappa shape index (κ1) is 22.4. The Bertz CT molecular complexity index is 1360. The lowest BCUT2D eigenvalue weighted by Gasteiger charge is -2.33.